The molecule has 0 saturated heterocycles. The van der Waals surface area contributed by atoms with E-state index in [0.717, 1.165) is 0 Å². The summed E-state index contributed by atoms with van der Waals surface area (Å²) in [6.07, 6.45) is 0. The summed E-state index contributed by atoms with van der Waals surface area (Å²) in [6.45, 7) is 2.23. The zero-order valence-electron chi connectivity index (χ0n) is 12.6. The van der Waals surface area contributed by atoms with E-state index in [2.05, 4.69) is 4.98 Å². The van der Waals surface area contributed by atoms with E-state index in [1.54, 1.807) is 18.2 Å². The lowest BCUT2D eigenvalue weighted by molar-refractivity contribution is 0.311. The number of hydrogen-bond donors (Lipinski definition) is 2. The summed E-state index contributed by atoms with van der Waals surface area (Å²) in [4.78, 5) is 14.2. The molecule has 0 unspecified atom stereocenters. The summed E-state index contributed by atoms with van der Waals surface area (Å²) >= 11 is 0. The molecule has 7 nitrogen and oxygen atoms in total. The van der Waals surface area contributed by atoms with Gasteiger partial charge in [-0.2, -0.15) is 10.5 Å². The van der Waals surface area contributed by atoms with E-state index in [-0.39, 0.29) is 22.5 Å². The first-order chi connectivity index (χ1) is 11.1. The third-order valence-electron chi connectivity index (χ3n) is 3.22. The van der Waals surface area contributed by atoms with Crippen LogP contribution in [0.5, 0.6) is 11.5 Å². The lowest BCUT2D eigenvalue weighted by Gasteiger charge is -2.13. The van der Waals surface area contributed by atoms with Crippen LogP contribution in [0.15, 0.2) is 23.0 Å². The second-order valence-corrected chi connectivity index (χ2v) is 4.52. The third-order valence-corrected chi connectivity index (χ3v) is 3.22. The molecule has 23 heavy (non-hydrogen) atoms. The molecular weight excluding hydrogens is 296 g/mol. The van der Waals surface area contributed by atoms with Crippen molar-refractivity contribution in [2.75, 3.05) is 19.5 Å². The van der Waals surface area contributed by atoms with Crippen molar-refractivity contribution in [1.82, 2.24) is 4.98 Å². The van der Waals surface area contributed by atoms with Gasteiger partial charge in [-0.15, -0.1) is 0 Å². The van der Waals surface area contributed by atoms with Gasteiger partial charge < -0.3 is 20.2 Å². The van der Waals surface area contributed by atoms with Gasteiger partial charge >= 0.3 is 0 Å². The fourth-order valence-corrected chi connectivity index (χ4v) is 2.23. The molecule has 116 valence electrons. The molecule has 0 aliphatic rings. The molecule has 0 aliphatic carbocycles. The van der Waals surface area contributed by atoms with Crippen LogP contribution in [0.4, 0.5) is 5.82 Å². The first-order valence-electron chi connectivity index (χ1n) is 6.74. The molecule has 0 atom stereocenters. The summed E-state index contributed by atoms with van der Waals surface area (Å²) in [5.41, 5.74) is 5.57. The molecule has 0 aliphatic heterocycles. The summed E-state index contributed by atoms with van der Waals surface area (Å²) in [5, 5.41) is 18.6. The maximum atomic E-state index is 11.9. The Kier molecular flexibility index (Phi) is 4.53. The highest BCUT2D eigenvalue weighted by Crippen LogP contribution is 2.35. The molecule has 3 N–H and O–H groups in total. The van der Waals surface area contributed by atoms with Gasteiger partial charge in [-0.3, -0.25) is 4.79 Å². The fraction of sp³-hybridized carbons (Fsp3) is 0.188. The topological polar surface area (TPSA) is 125 Å². The number of rotatable bonds is 4. The van der Waals surface area contributed by atoms with Gasteiger partial charge in [0.15, 0.2) is 11.5 Å². The zero-order valence-corrected chi connectivity index (χ0v) is 12.6. The Hall–Kier alpha value is -3.45. The summed E-state index contributed by atoms with van der Waals surface area (Å²) in [5.74, 6) is 0.866. The highest BCUT2D eigenvalue weighted by molar-refractivity contribution is 5.81. The van der Waals surface area contributed by atoms with Crippen molar-refractivity contribution in [3.63, 3.8) is 0 Å². The maximum Gasteiger partial charge on any atom is 0.268 e. The molecule has 0 bridgehead atoms. The number of nitrogens with two attached hydrogens (primary N) is 1. The Morgan fingerprint density at radius 2 is 1.91 bits per heavy atom. The number of aromatic nitrogens is 1. The van der Waals surface area contributed by atoms with Gasteiger partial charge in [0.2, 0.25) is 0 Å². The fourth-order valence-electron chi connectivity index (χ4n) is 2.23. The summed E-state index contributed by atoms with van der Waals surface area (Å²) < 4.78 is 10.7. The molecule has 2 aromatic rings. The van der Waals surface area contributed by atoms with Gasteiger partial charge in [-0.1, -0.05) is 6.07 Å². The van der Waals surface area contributed by atoms with Crippen LogP contribution in [0, 0.1) is 22.7 Å². The number of aromatic amines is 1. The lowest BCUT2D eigenvalue weighted by atomic mass is 9.96. The van der Waals surface area contributed by atoms with E-state index in [1.165, 1.54) is 7.11 Å². The lowest BCUT2D eigenvalue weighted by Crippen LogP contribution is -2.16. The molecule has 0 radical (unpaired) electrons. The maximum absolute atomic E-state index is 11.9. The Balaban J connectivity index is 2.82. The van der Waals surface area contributed by atoms with Crippen molar-refractivity contribution in [1.29, 1.82) is 10.5 Å². The Morgan fingerprint density at radius 1 is 1.22 bits per heavy atom. The second kappa shape index (κ2) is 6.54. The average molecular weight is 310 g/mol. The Labute approximate surface area is 132 Å². The first-order valence-corrected chi connectivity index (χ1v) is 6.74. The molecular formula is C16H14N4O3. The average Bonchev–Trinajstić information content (AvgIpc) is 2.54. The Morgan fingerprint density at radius 3 is 2.48 bits per heavy atom. The van der Waals surface area contributed by atoms with Crippen molar-refractivity contribution in [2.45, 2.75) is 6.92 Å². The van der Waals surface area contributed by atoms with Crippen LogP contribution in [0.2, 0.25) is 0 Å². The van der Waals surface area contributed by atoms with Crippen molar-refractivity contribution in [2.24, 2.45) is 0 Å². The molecule has 2 rings (SSSR count). The molecule has 1 heterocycles. The SMILES string of the molecule is CCOc1cc(-c2c(C#N)c(N)[nH]c(=O)c2C#N)ccc1OC. The highest BCUT2D eigenvalue weighted by Gasteiger charge is 2.19. The van der Waals surface area contributed by atoms with Gasteiger partial charge in [0.1, 0.15) is 29.1 Å². The second-order valence-electron chi connectivity index (χ2n) is 4.52. The van der Waals surface area contributed by atoms with Gasteiger partial charge in [-0.05, 0) is 24.6 Å². The van der Waals surface area contributed by atoms with E-state index in [1.807, 2.05) is 19.1 Å². The molecule has 0 saturated carbocycles. The van der Waals surface area contributed by atoms with Crippen molar-refractivity contribution in [3.8, 4) is 34.8 Å². The van der Waals surface area contributed by atoms with Crippen LogP contribution >= 0.6 is 0 Å². The van der Waals surface area contributed by atoms with Crippen molar-refractivity contribution in [3.05, 3.63) is 39.7 Å². The van der Waals surface area contributed by atoms with Crippen molar-refractivity contribution < 1.29 is 9.47 Å². The van der Waals surface area contributed by atoms with E-state index in [4.69, 9.17) is 15.2 Å². The minimum atomic E-state index is -0.646. The van der Waals surface area contributed by atoms with Crippen LogP contribution in [0.25, 0.3) is 11.1 Å². The predicted molar refractivity (Wildman–Crippen MR) is 84.1 cm³/mol. The number of hydrogen-bond acceptors (Lipinski definition) is 6. The van der Waals surface area contributed by atoms with E-state index in [9.17, 15) is 15.3 Å². The van der Waals surface area contributed by atoms with E-state index >= 15 is 0 Å². The van der Waals surface area contributed by atoms with Crippen LogP contribution in [-0.4, -0.2) is 18.7 Å². The predicted octanol–water partition coefficient (Wildman–Crippen LogP) is 1.77. The first kappa shape index (κ1) is 15.9. The largest absolute Gasteiger partial charge is 0.493 e. The number of methoxy groups -OCH3 is 1. The standard InChI is InChI=1S/C16H14N4O3/c1-3-23-13-6-9(4-5-12(13)22-2)14-10(7-17)15(19)20-16(21)11(14)8-18/h4-6H,3H2,1-2H3,(H3,19,20,21). The number of ether oxygens (including phenoxy) is 2. The van der Waals surface area contributed by atoms with Gasteiger partial charge in [0.25, 0.3) is 5.56 Å². The van der Waals surface area contributed by atoms with Crippen molar-refractivity contribution >= 4 is 5.82 Å². The van der Waals surface area contributed by atoms with Gasteiger partial charge in [0, 0.05) is 5.56 Å². The number of pyridine rings is 1. The molecule has 0 amide bonds. The van der Waals surface area contributed by atoms with E-state index < -0.39 is 5.56 Å². The molecule has 1 aromatic heterocycles. The Bertz CT molecular complexity index is 888. The molecule has 0 spiro atoms. The minimum Gasteiger partial charge on any atom is -0.493 e. The number of nitrogens with zero attached hydrogens (tertiary/aromatic N) is 2. The van der Waals surface area contributed by atoms with Crippen LogP contribution < -0.4 is 20.8 Å². The molecule has 0 fully saturated rings. The minimum absolute atomic E-state index is 0.0359. The number of H-pyrrole nitrogens is 1. The quantitative estimate of drug-likeness (QED) is 0.886. The molecule has 1 aromatic carbocycles. The van der Waals surface area contributed by atoms with Crippen LogP contribution in [0.3, 0.4) is 0 Å². The summed E-state index contributed by atoms with van der Waals surface area (Å²) in [7, 11) is 1.50. The van der Waals surface area contributed by atoms with Crippen LogP contribution in [0.1, 0.15) is 18.1 Å². The number of nitrogen functional groups attached to an aromatic ring is 1. The van der Waals surface area contributed by atoms with Gasteiger partial charge in [0.05, 0.1) is 13.7 Å². The number of nitriles is 2. The normalized spacial score (nSPS) is 9.74. The summed E-state index contributed by atoms with van der Waals surface area (Å²) in [6, 6.07) is 8.63. The molecule has 7 heteroatoms. The monoisotopic (exact) mass is 310 g/mol. The number of anilines is 1. The number of nitrogens with one attached hydrogen (secondary N) is 1. The zero-order chi connectivity index (χ0) is 17.0. The van der Waals surface area contributed by atoms with Gasteiger partial charge in [-0.25, -0.2) is 0 Å². The number of benzene rings is 1. The van der Waals surface area contributed by atoms with Crippen LogP contribution in [-0.2, 0) is 0 Å². The van der Waals surface area contributed by atoms with E-state index in [0.29, 0.717) is 23.7 Å². The highest BCUT2D eigenvalue weighted by atomic mass is 16.5. The third kappa shape index (κ3) is 2.81. The smallest absolute Gasteiger partial charge is 0.268 e.